The van der Waals surface area contributed by atoms with Gasteiger partial charge >= 0.3 is 0 Å². The van der Waals surface area contributed by atoms with Crippen LogP contribution in [0.25, 0.3) is 0 Å². The minimum Gasteiger partial charge on any atom is -0.295 e. The Bertz CT molecular complexity index is 833. The molecular weight excluding hydrogens is 480 g/mol. The van der Waals surface area contributed by atoms with Crippen LogP contribution in [-0.2, 0) is 0 Å². The van der Waals surface area contributed by atoms with Crippen molar-refractivity contribution in [1.82, 2.24) is 0 Å². The minimum absolute atomic E-state index is 0. The predicted octanol–water partition coefficient (Wildman–Crippen LogP) is 11.6. The molecular formula is C36H60O3. The number of carbonyl (C=O) groups is 3. The Labute approximate surface area is 243 Å². The highest BCUT2D eigenvalue weighted by molar-refractivity contribution is 5.94. The van der Waals surface area contributed by atoms with Gasteiger partial charge in [0.15, 0.2) is 17.3 Å². The molecule has 0 radical (unpaired) electrons. The second-order valence-corrected chi connectivity index (χ2v) is 7.27. The quantitative estimate of drug-likeness (QED) is 0.310. The molecule has 0 atom stereocenters. The van der Waals surface area contributed by atoms with E-state index in [2.05, 4.69) is 0 Å². The fraction of sp³-hybridized carbons (Fsp3) is 0.417. The number of ketones is 3. The van der Waals surface area contributed by atoms with Gasteiger partial charge in [-0.25, -0.2) is 0 Å². The molecule has 0 amide bonds. The van der Waals surface area contributed by atoms with E-state index in [9.17, 15) is 14.4 Å². The molecule has 0 N–H and O–H groups in total. The molecule has 0 aliphatic rings. The van der Waals surface area contributed by atoms with E-state index in [0.717, 1.165) is 16.7 Å². The zero-order valence-corrected chi connectivity index (χ0v) is 24.7. The smallest absolute Gasteiger partial charge is 0.159 e. The summed E-state index contributed by atoms with van der Waals surface area (Å²) in [4.78, 5) is 32.3. The van der Waals surface area contributed by atoms with Gasteiger partial charge in [-0.05, 0) is 41.5 Å². The summed E-state index contributed by atoms with van der Waals surface area (Å²) in [5.41, 5.74) is 5.90. The monoisotopic (exact) mass is 540 g/mol. The van der Waals surface area contributed by atoms with Crippen molar-refractivity contribution in [3.63, 3.8) is 0 Å². The van der Waals surface area contributed by atoms with Crippen molar-refractivity contribution in [2.45, 2.75) is 105 Å². The van der Waals surface area contributed by atoms with E-state index in [1.165, 1.54) is 16.7 Å². The SMILES string of the molecule is C.C.C.CC.CC.CC.CC(=O)c1ccc(C)cc1.CC(=O)c1ccc(C)cc1.CC(=O)c1ccc(C)cc1. The first-order valence-electron chi connectivity index (χ1n) is 12.8. The third kappa shape index (κ3) is 24.7. The van der Waals surface area contributed by atoms with Gasteiger partial charge in [0, 0.05) is 16.7 Å². The molecule has 0 heterocycles. The van der Waals surface area contributed by atoms with Crippen LogP contribution in [0.5, 0.6) is 0 Å². The number of Topliss-reactive ketones (excluding diaryl/α,β-unsaturated/α-hetero) is 3. The Kier molecular flexibility index (Phi) is 38.6. The molecule has 0 fully saturated rings. The lowest BCUT2D eigenvalue weighted by atomic mass is 10.1. The third-order valence-electron chi connectivity index (χ3n) is 4.37. The van der Waals surface area contributed by atoms with E-state index in [1.54, 1.807) is 20.8 Å². The number of carbonyl (C=O) groups excluding carboxylic acids is 3. The summed E-state index contributed by atoms with van der Waals surface area (Å²) < 4.78 is 0. The van der Waals surface area contributed by atoms with E-state index < -0.39 is 0 Å². The highest BCUT2D eigenvalue weighted by Crippen LogP contribution is 2.04. The first-order chi connectivity index (χ1) is 17.1. The van der Waals surface area contributed by atoms with Crippen LogP contribution < -0.4 is 0 Å². The highest BCUT2D eigenvalue weighted by atomic mass is 16.1. The fourth-order valence-electron chi connectivity index (χ4n) is 2.36. The summed E-state index contributed by atoms with van der Waals surface area (Å²) in [7, 11) is 0. The maximum absolute atomic E-state index is 10.8. The van der Waals surface area contributed by atoms with Gasteiger partial charge in [-0.1, -0.05) is 153 Å². The first kappa shape index (κ1) is 48.7. The van der Waals surface area contributed by atoms with Crippen LogP contribution >= 0.6 is 0 Å². The first-order valence-corrected chi connectivity index (χ1v) is 12.8. The minimum atomic E-state index is 0. The molecule has 0 spiro atoms. The number of rotatable bonds is 3. The zero-order chi connectivity index (χ0) is 28.7. The summed E-state index contributed by atoms with van der Waals surface area (Å²) in [5, 5.41) is 0. The lowest BCUT2D eigenvalue weighted by Gasteiger charge is -1.94. The Morgan fingerprint density at radius 3 is 0.590 bits per heavy atom. The van der Waals surface area contributed by atoms with Crippen molar-refractivity contribution in [2.75, 3.05) is 0 Å². The summed E-state index contributed by atoms with van der Waals surface area (Å²) in [6.45, 7) is 22.7. The summed E-state index contributed by atoms with van der Waals surface area (Å²) in [6.07, 6.45) is 0. The molecule has 3 rings (SSSR count). The van der Waals surface area contributed by atoms with E-state index in [1.807, 2.05) is 135 Å². The standard InChI is InChI=1S/3C9H10O.3C2H6.3CH4/c3*1-7-3-5-9(6-4-7)8(2)10;3*1-2;;;/h3*3-6H,1-2H3;3*1-2H3;3*1H4. The molecule has 0 aliphatic carbocycles. The zero-order valence-electron chi connectivity index (χ0n) is 24.7. The number of hydrogen-bond acceptors (Lipinski definition) is 3. The van der Waals surface area contributed by atoms with Crippen molar-refractivity contribution in [3.8, 4) is 0 Å². The van der Waals surface area contributed by atoms with E-state index >= 15 is 0 Å². The molecule has 0 aromatic heterocycles. The van der Waals surface area contributed by atoms with Crippen LogP contribution in [0.2, 0.25) is 0 Å². The largest absolute Gasteiger partial charge is 0.295 e. The van der Waals surface area contributed by atoms with Crippen molar-refractivity contribution < 1.29 is 14.4 Å². The van der Waals surface area contributed by atoms with Crippen LogP contribution in [0.3, 0.4) is 0 Å². The van der Waals surface area contributed by atoms with E-state index in [4.69, 9.17) is 0 Å². The molecule has 0 bridgehead atoms. The van der Waals surface area contributed by atoms with Crippen LogP contribution in [0.15, 0.2) is 72.8 Å². The molecule has 39 heavy (non-hydrogen) atoms. The Morgan fingerprint density at radius 2 is 0.487 bits per heavy atom. The molecule has 222 valence electrons. The molecule has 3 heteroatoms. The maximum Gasteiger partial charge on any atom is 0.159 e. The summed E-state index contributed by atoms with van der Waals surface area (Å²) in [5.74, 6) is 0.375. The second-order valence-electron chi connectivity index (χ2n) is 7.27. The normalized spacial score (nSPS) is 7.69. The number of hydrogen-bond donors (Lipinski definition) is 0. The van der Waals surface area contributed by atoms with Crippen LogP contribution in [0.1, 0.15) is 132 Å². The van der Waals surface area contributed by atoms with Crippen molar-refractivity contribution in [1.29, 1.82) is 0 Å². The summed E-state index contributed by atoms with van der Waals surface area (Å²) in [6, 6.07) is 22.7. The predicted molar refractivity (Wildman–Crippen MR) is 178 cm³/mol. The number of aryl methyl sites for hydroxylation is 3. The molecule has 0 unspecified atom stereocenters. The van der Waals surface area contributed by atoms with Crippen LogP contribution in [0, 0.1) is 20.8 Å². The average Bonchev–Trinajstić information content (AvgIpc) is 2.89. The molecule has 0 saturated carbocycles. The second kappa shape index (κ2) is 30.9. The maximum atomic E-state index is 10.8. The van der Waals surface area contributed by atoms with Crippen molar-refractivity contribution in [3.05, 3.63) is 106 Å². The fourth-order valence-corrected chi connectivity index (χ4v) is 2.36. The van der Waals surface area contributed by atoms with Crippen LogP contribution in [0.4, 0.5) is 0 Å². The molecule has 3 aromatic rings. The van der Waals surface area contributed by atoms with Gasteiger partial charge in [0.1, 0.15) is 0 Å². The Morgan fingerprint density at radius 1 is 0.359 bits per heavy atom. The van der Waals surface area contributed by atoms with Gasteiger partial charge in [-0.15, -0.1) is 0 Å². The highest BCUT2D eigenvalue weighted by Gasteiger charge is 1.96. The van der Waals surface area contributed by atoms with Gasteiger partial charge in [0.05, 0.1) is 0 Å². The lowest BCUT2D eigenvalue weighted by Crippen LogP contribution is -1.90. The lowest BCUT2D eigenvalue weighted by molar-refractivity contribution is 0.100. The van der Waals surface area contributed by atoms with Crippen molar-refractivity contribution in [2.24, 2.45) is 0 Å². The van der Waals surface area contributed by atoms with Crippen molar-refractivity contribution >= 4 is 17.3 Å². The molecule has 3 aromatic carbocycles. The molecule has 0 aliphatic heterocycles. The summed E-state index contributed by atoms with van der Waals surface area (Å²) >= 11 is 0. The van der Waals surface area contributed by atoms with Crippen LogP contribution in [-0.4, -0.2) is 17.3 Å². The van der Waals surface area contributed by atoms with Gasteiger partial charge < -0.3 is 0 Å². The van der Waals surface area contributed by atoms with E-state index in [-0.39, 0.29) is 39.6 Å². The van der Waals surface area contributed by atoms with E-state index in [0.29, 0.717) is 0 Å². The van der Waals surface area contributed by atoms with Gasteiger partial charge in [-0.3, -0.25) is 14.4 Å². The Balaban J connectivity index is -0.0000000920. The molecule has 3 nitrogen and oxygen atoms in total. The average molecular weight is 541 g/mol. The number of benzene rings is 3. The van der Waals surface area contributed by atoms with Gasteiger partial charge in [0.25, 0.3) is 0 Å². The third-order valence-corrected chi connectivity index (χ3v) is 4.37. The van der Waals surface area contributed by atoms with Gasteiger partial charge in [0.2, 0.25) is 0 Å². The molecule has 0 saturated heterocycles. The topological polar surface area (TPSA) is 51.2 Å². The van der Waals surface area contributed by atoms with Gasteiger partial charge in [-0.2, -0.15) is 0 Å². The Hall–Kier alpha value is -3.33.